The van der Waals surface area contributed by atoms with Crippen molar-refractivity contribution in [3.05, 3.63) is 35.5 Å². The van der Waals surface area contributed by atoms with Crippen molar-refractivity contribution >= 4 is 22.9 Å². The van der Waals surface area contributed by atoms with E-state index in [4.69, 9.17) is 14.5 Å². The summed E-state index contributed by atoms with van der Waals surface area (Å²) < 4.78 is 15.2. The van der Waals surface area contributed by atoms with Gasteiger partial charge in [0.2, 0.25) is 0 Å². The average Bonchev–Trinajstić information content (AvgIpc) is 3.60. The third kappa shape index (κ3) is 5.77. The number of fused-ring (bicyclic) bond motifs is 1. The van der Waals surface area contributed by atoms with Crippen LogP contribution in [-0.2, 0) is 18.3 Å². The normalized spacial score (nSPS) is 18.2. The second-order valence-electron chi connectivity index (χ2n) is 11.8. The maximum atomic E-state index is 13.7. The molecule has 8 nitrogen and oxygen atoms in total. The van der Waals surface area contributed by atoms with Crippen molar-refractivity contribution in [2.24, 2.45) is 24.8 Å². The van der Waals surface area contributed by atoms with Gasteiger partial charge in [0.05, 0.1) is 24.9 Å². The summed E-state index contributed by atoms with van der Waals surface area (Å²) in [5, 5.41) is 0. The zero-order chi connectivity index (χ0) is 28.4. The molecular formula is C32H44N4O4. The van der Waals surface area contributed by atoms with Crippen molar-refractivity contribution < 1.29 is 19.1 Å². The van der Waals surface area contributed by atoms with Crippen LogP contribution in [0.25, 0.3) is 22.6 Å². The molecule has 1 aliphatic carbocycles. The van der Waals surface area contributed by atoms with E-state index in [0.717, 1.165) is 61.8 Å². The number of methoxy groups -OCH3 is 1. The van der Waals surface area contributed by atoms with Gasteiger partial charge in [0.15, 0.2) is 5.82 Å². The molecule has 40 heavy (non-hydrogen) atoms. The number of piperidine rings is 1. The zero-order valence-corrected chi connectivity index (χ0v) is 24.7. The molecule has 2 atom stereocenters. The second-order valence-corrected chi connectivity index (χ2v) is 11.8. The first-order valence-corrected chi connectivity index (χ1v) is 15.0. The number of carbonyl (C=O) groups is 2. The predicted molar refractivity (Wildman–Crippen MR) is 157 cm³/mol. The number of amides is 1. The zero-order valence-electron chi connectivity index (χ0n) is 24.7. The molecular weight excluding hydrogens is 504 g/mol. The molecule has 2 fully saturated rings. The third-order valence-electron chi connectivity index (χ3n) is 8.80. The van der Waals surface area contributed by atoms with Gasteiger partial charge in [0.25, 0.3) is 5.91 Å². The fraction of sp³-hybridized carbons (Fsp3) is 0.594. The van der Waals surface area contributed by atoms with Gasteiger partial charge in [-0.25, -0.2) is 9.78 Å². The van der Waals surface area contributed by atoms with Gasteiger partial charge in [0, 0.05) is 32.2 Å². The minimum atomic E-state index is -0.317. The predicted octanol–water partition coefficient (Wildman–Crippen LogP) is 6.32. The van der Waals surface area contributed by atoms with E-state index in [1.165, 1.54) is 25.7 Å². The van der Waals surface area contributed by atoms with Crippen molar-refractivity contribution in [3.63, 3.8) is 0 Å². The van der Waals surface area contributed by atoms with Gasteiger partial charge >= 0.3 is 5.97 Å². The first-order chi connectivity index (χ1) is 19.3. The molecule has 1 saturated heterocycles. The SMILES string of the molecule is CCOC(=O)c1ccc(-c2nc3cc(C(=O)N4CCC[C@@H](CCC(C)CC)C4)cc(OC)c3n2C)n1CC1CC1. The Morgan fingerprint density at radius 2 is 1.93 bits per heavy atom. The number of ether oxygens (including phenoxy) is 2. The van der Waals surface area contributed by atoms with Crippen molar-refractivity contribution in [2.45, 2.75) is 72.3 Å². The van der Waals surface area contributed by atoms with Gasteiger partial charge in [0.1, 0.15) is 17.0 Å². The molecule has 1 unspecified atom stereocenters. The third-order valence-corrected chi connectivity index (χ3v) is 8.80. The average molecular weight is 549 g/mol. The van der Waals surface area contributed by atoms with E-state index in [9.17, 15) is 9.59 Å². The number of hydrogen-bond acceptors (Lipinski definition) is 5. The van der Waals surface area contributed by atoms with Crippen LogP contribution >= 0.6 is 0 Å². The van der Waals surface area contributed by atoms with Crippen LogP contribution in [0.5, 0.6) is 5.75 Å². The summed E-state index contributed by atoms with van der Waals surface area (Å²) in [6.07, 6.45) is 8.18. The van der Waals surface area contributed by atoms with E-state index < -0.39 is 0 Å². The van der Waals surface area contributed by atoms with Crippen LogP contribution in [0.15, 0.2) is 24.3 Å². The fourth-order valence-electron chi connectivity index (χ4n) is 6.01. The number of rotatable bonds is 11. The van der Waals surface area contributed by atoms with Crippen molar-refractivity contribution in [2.75, 3.05) is 26.8 Å². The highest BCUT2D eigenvalue weighted by molar-refractivity contribution is 6.00. The molecule has 2 aliphatic rings. The van der Waals surface area contributed by atoms with E-state index in [0.29, 0.717) is 41.0 Å². The lowest BCUT2D eigenvalue weighted by atomic mass is 9.89. The number of benzene rings is 1. The summed E-state index contributed by atoms with van der Waals surface area (Å²) in [4.78, 5) is 33.4. The molecule has 0 N–H and O–H groups in total. The van der Waals surface area contributed by atoms with Crippen molar-refractivity contribution in [1.82, 2.24) is 19.0 Å². The molecule has 8 heteroatoms. The van der Waals surface area contributed by atoms with Crippen LogP contribution in [0, 0.1) is 17.8 Å². The summed E-state index contributed by atoms with van der Waals surface area (Å²) in [5.74, 6) is 2.94. The van der Waals surface area contributed by atoms with E-state index >= 15 is 0 Å². The number of imidazole rings is 1. The number of aryl methyl sites for hydroxylation is 1. The minimum Gasteiger partial charge on any atom is -0.494 e. The fourth-order valence-corrected chi connectivity index (χ4v) is 6.01. The highest BCUT2D eigenvalue weighted by Crippen LogP contribution is 2.36. The molecule has 1 aliphatic heterocycles. The minimum absolute atomic E-state index is 0.0438. The summed E-state index contributed by atoms with van der Waals surface area (Å²) in [6.45, 7) is 9.08. The number of aromatic nitrogens is 3. The van der Waals surface area contributed by atoms with Gasteiger partial charge in [-0.15, -0.1) is 0 Å². The summed E-state index contributed by atoms with van der Waals surface area (Å²) in [7, 11) is 3.59. The Hall–Kier alpha value is -3.29. The van der Waals surface area contributed by atoms with Gasteiger partial charge in [-0.2, -0.15) is 0 Å². The molecule has 216 valence electrons. The van der Waals surface area contributed by atoms with E-state index in [1.54, 1.807) is 7.11 Å². The van der Waals surface area contributed by atoms with E-state index in [-0.39, 0.29) is 11.9 Å². The van der Waals surface area contributed by atoms with Gasteiger partial charge < -0.3 is 23.5 Å². The monoisotopic (exact) mass is 548 g/mol. The number of carbonyl (C=O) groups excluding carboxylic acids is 2. The maximum absolute atomic E-state index is 13.7. The molecule has 5 rings (SSSR count). The first kappa shape index (κ1) is 28.2. The Labute approximate surface area is 237 Å². The molecule has 2 aromatic heterocycles. The molecule has 1 aromatic carbocycles. The maximum Gasteiger partial charge on any atom is 0.354 e. The van der Waals surface area contributed by atoms with Crippen LogP contribution in [0.2, 0.25) is 0 Å². The Bertz CT molecular complexity index is 1370. The van der Waals surface area contributed by atoms with Crippen molar-refractivity contribution in [3.8, 4) is 17.3 Å². The quantitative estimate of drug-likeness (QED) is 0.262. The Morgan fingerprint density at radius 1 is 1.12 bits per heavy atom. The molecule has 3 heterocycles. The van der Waals surface area contributed by atoms with Gasteiger partial charge in [-0.3, -0.25) is 4.79 Å². The van der Waals surface area contributed by atoms with Crippen LogP contribution in [0.4, 0.5) is 0 Å². The molecule has 0 radical (unpaired) electrons. The standard InChI is InChI=1S/C32H44N4O4/c1-6-21(3)10-11-22-9-8-16-35(19-22)31(37)24-17-25-29(28(18-24)39-5)34(4)30(33-25)26-14-15-27(32(38)40-7-2)36(26)20-23-12-13-23/h14-15,17-18,21-23H,6-13,16,19-20H2,1-5H3/t21?,22-/m0/s1. The largest absolute Gasteiger partial charge is 0.494 e. The highest BCUT2D eigenvalue weighted by atomic mass is 16.5. The van der Waals surface area contributed by atoms with E-state index in [2.05, 4.69) is 13.8 Å². The van der Waals surface area contributed by atoms with Crippen LogP contribution in [0.3, 0.4) is 0 Å². The summed E-state index contributed by atoms with van der Waals surface area (Å²) in [5.41, 5.74) is 3.56. The van der Waals surface area contributed by atoms with Crippen LogP contribution in [0.1, 0.15) is 86.6 Å². The van der Waals surface area contributed by atoms with Crippen LogP contribution in [-0.4, -0.2) is 57.7 Å². The lowest BCUT2D eigenvalue weighted by Crippen LogP contribution is -2.40. The van der Waals surface area contributed by atoms with Crippen molar-refractivity contribution in [1.29, 1.82) is 0 Å². The second kappa shape index (κ2) is 12.1. The molecule has 0 spiro atoms. The smallest absolute Gasteiger partial charge is 0.354 e. The lowest BCUT2D eigenvalue weighted by molar-refractivity contribution is 0.0513. The Balaban J connectivity index is 1.46. The Morgan fingerprint density at radius 3 is 2.62 bits per heavy atom. The van der Waals surface area contributed by atoms with E-state index in [1.807, 2.05) is 52.3 Å². The number of nitrogens with zero attached hydrogens (tertiary/aromatic N) is 4. The van der Waals surface area contributed by atoms with Crippen LogP contribution < -0.4 is 4.74 Å². The number of likely N-dealkylation sites (tertiary alicyclic amines) is 1. The first-order valence-electron chi connectivity index (χ1n) is 15.0. The lowest BCUT2D eigenvalue weighted by Gasteiger charge is -2.33. The Kier molecular flexibility index (Phi) is 8.52. The highest BCUT2D eigenvalue weighted by Gasteiger charge is 2.29. The molecule has 3 aromatic rings. The molecule has 0 bridgehead atoms. The summed E-state index contributed by atoms with van der Waals surface area (Å²) >= 11 is 0. The van der Waals surface area contributed by atoms with Gasteiger partial charge in [-0.1, -0.05) is 26.7 Å². The summed E-state index contributed by atoms with van der Waals surface area (Å²) in [6, 6.07) is 7.52. The number of esters is 1. The molecule has 1 amide bonds. The molecule has 1 saturated carbocycles. The number of hydrogen-bond donors (Lipinski definition) is 0. The topological polar surface area (TPSA) is 78.6 Å². The van der Waals surface area contributed by atoms with Gasteiger partial charge in [-0.05, 0) is 81.0 Å².